The third-order valence-corrected chi connectivity index (χ3v) is 4.60. The van der Waals surface area contributed by atoms with Crippen molar-refractivity contribution < 1.29 is 9.15 Å². The second-order valence-corrected chi connectivity index (χ2v) is 7.26. The molecule has 7 nitrogen and oxygen atoms in total. The highest BCUT2D eigenvalue weighted by Crippen LogP contribution is 2.13. The summed E-state index contributed by atoms with van der Waals surface area (Å²) in [5.74, 6) is 2.98. The molecular weight excluding hydrogens is 457 g/mol. The number of ether oxygens (including phenoxy) is 1. The van der Waals surface area contributed by atoms with Gasteiger partial charge in [-0.05, 0) is 33.1 Å². The second kappa shape index (κ2) is 12.6. The van der Waals surface area contributed by atoms with Crippen molar-refractivity contribution in [1.82, 2.24) is 20.5 Å². The van der Waals surface area contributed by atoms with Gasteiger partial charge in [-0.15, -0.1) is 24.0 Å². The van der Waals surface area contributed by atoms with Crippen molar-refractivity contribution in [2.75, 3.05) is 39.4 Å². The maximum atomic E-state index is 5.62. The van der Waals surface area contributed by atoms with Crippen molar-refractivity contribution >= 4 is 29.9 Å². The largest absolute Gasteiger partial charge is 0.444 e. The number of nitrogens with zero attached hydrogens (tertiary/aromatic N) is 3. The third kappa shape index (κ3) is 8.35. The molecule has 0 bridgehead atoms. The van der Waals surface area contributed by atoms with Gasteiger partial charge in [0.1, 0.15) is 12.3 Å². The average Bonchev–Trinajstić information content (AvgIpc) is 2.94. The molecule has 2 heterocycles. The Morgan fingerprint density at radius 3 is 2.48 bits per heavy atom. The molecule has 1 aromatic heterocycles. The molecule has 156 valence electrons. The minimum absolute atomic E-state index is 0. The number of hydrogen-bond donors (Lipinski definition) is 2. The summed E-state index contributed by atoms with van der Waals surface area (Å²) in [7, 11) is 0. The van der Waals surface area contributed by atoms with E-state index in [1.165, 1.54) is 0 Å². The summed E-state index contributed by atoms with van der Waals surface area (Å²) in [6.07, 6.45) is 1.16. The molecule has 0 aliphatic carbocycles. The van der Waals surface area contributed by atoms with Crippen molar-refractivity contribution in [1.29, 1.82) is 0 Å². The van der Waals surface area contributed by atoms with Crippen LogP contribution >= 0.6 is 24.0 Å². The summed E-state index contributed by atoms with van der Waals surface area (Å²) in [4.78, 5) is 11.6. The maximum Gasteiger partial charge on any atom is 0.216 e. The lowest BCUT2D eigenvalue weighted by molar-refractivity contribution is 0.0132. The van der Waals surface area contributed by atoms with E-state index in [-0.39, 0.29) is 24.0 Å². The number of aromatic nitrogens is 1. The highest BCUT2D eigenvalue weighted by Gasteiger charge is 2.22. The summed E-state index contributed by atoms with van der Waals surface area (Å²) in [5.41, 5.74) is 0.928. The first-order chi connectivity index (χ1) is 12.5. The van der Waals surface area contributed by atoms with Gasteiger partial charge in [0, 0.05) is 32.2 Å². The van der Waals surface area contributed by atoms with Crippen LogP contribution < -0.4 is 10.6 Å². The molecule has 0 spiro atoms. The Hall–Kier alpha value is -0.870. The Morgan fingerprint density at radius 2 is 1.93 bits per heavy atom. The number of guanidine groups is 1. The molecule has 1 saturated heterocycles. The van der Waals surface area contributed by atoms with E-state index in [2.05, 4.69) is 46.3 Å². The standard InChI is InChI=1S/C19H35N5O2.HI/c1-6-20-19(22-13-18-23-15(4)16(5)26-18)21-12-17(11-14(2)3)24-7-9-25-10-8-24;/h14,17H,6-13H2,1-5H3,(H2,20,21,22);1H. The van der Waals surface area contributed by atoms with E-state index in [1.54, 1.807) is 0 Å². The molecule has 8 heteroatoms. The van der Waals surface area contributed by atoms with Gasteiger partial charge in [0.25, 0.3) is 0 Å². The summed E-state index contributed by atoms with van der Waals surface area (Å²) >= 11 is 0. The minimum atomic E-state index is 0. The van der Waals surface area contributed by atoms with Crippen LogP contribution in [-0.2, 0) is 11.3 Å². The molecule has 0 aromatic carbocycles. The zero-order chi connectivity index (χ0) is 18.9. The van der Waals surface area contributed by atoms with E-state index in [4.69, 9.17) is 9.15 Å². The number of nitrogens with one attached hydrogen (secondary N) is 2. The van der Waals surface area contributed by atoms with E-state index in [1.807, 2.05) is 13.8 Å². The quantitative estimate of drug-likeness (QED) is 0.330. The first-order valence-electron chi connectivity index (χ1n) is 9.76. The Balaban J connectivity index is 0.00000364. The maximum absolute atomic E-state index is 5.62. The van der Waals surface area contributed by atoms with Crippen LogP contribution in [0.5, 0.6) is 0 Å². The van der Waals surface area contributed by atoms with Crippen molar-refractivity contribution in [2.24, 2.45) is 10.9 Å². The SMILES string of the molecule is CCNC(=NCc1nc(C)c(C)o1)NCC(CC(C)C)N1CCOCC1.I. The third-order valence-electron chi connectivity index (χ3n) is 4.60. The number of rotatable bonds is 8. The number of hydrogen-bond acceptors (Lipinski definition) is 5. The Kier molecular flexibility index (Phi) is 11.2. The number of halogens is 1. The van der Waals surface area contributed by atoms with E-state index in [0.717, 1.165) is 63.2 Å². The Bertz CT molecular complexity index is 551. The van der Waals surface area contributed by atoms with Gasteiger partial charge < -0.3 is 19.8 Å². The van der Waals surface area contributed by atoms with E-state index >= 15 is 0 Å². The van der Waals surface area contributed by atoms with Crippen molar-refractivity contribution in [2.45, 2.75) is 53.6 Å². The zero-order valence-corrected chi connectivity index (χ0v) is 19.7. The van der Waals surface area contributed by atoms with Gasteiger partial charge in [0.2, 0.25) is 5.89 Å². The fourth-order valence-corrected chi connectivity index (χ4v) is 3.16. The molecule has 0 amide bonds. The van der Waals surface area contributed by atoms with Crippen LogP contribution in [0.1, 0.15) is 44.5 Å². The number of aliphatic imine (C=N–C) groups is 1. The van der Waals surface area contributed by atoms with Crippen molar-refractivity contribution in [3.63, 3.8) is 0 Å². The van der Waals surface area contributed by atoms with Gasteiger partial charge in [0.15, 0.2) is 5.96 Å². The Morgan fingerprint density at radius 1 is 1.22 bits per heavy atom. The van der Waals surface area contributed by atoms with Crippen LogP contribution in [0, 0.1) is 19.8 Å². The molecule has 0 radical (unpaired) electrons. The molecule has 1 unspecified atom stereocenters. The molecule has 0 saturated carbocycles. The number of morpholine rings is 1. The summed E-state index contributed by atoms with van der Waals surface area (Å²) < 4.78 is 11.1. The zero-order valence-electron chi connectivity index (χ0n) is 17.4. The van der Waals surface area contributed by atoms with Crippen molar-refractivity contribution in [3.8, 4) is 0 Å². The van der Waals surface area contributed by atoms with E-state index < -0.39 is 0 Å². The highest BCUT2D eigenvalue weighted by atomic mass is 127. The molecule has 1 aromatic rings. The van der Waals surface area contributed by atoms with Crippen LogP contribution in [0.25, 0.3) is 0 Å². The fourth-order valence-electron chi connectivity index (χ4n) is 3.16. The summed E-state index contributed by atoms with van der Waals surface area (Å²) in [5, 5.41) is 6.81. The molecule has 1 atom stereocenters. The molecule has 1 aliphatic rings. The normalized spacial score (nSPS) is 16.9. The van der Waals surface area contributed by atoms with Crippen LogP contribution in [-0.4, -0.2) is 61.3 Å². The minimum Gasteiger partial charge on any atom is -0.444 e. The average molecular weight is 493 g/mol. The van der Waals surface area contributed by atoms with Gasteiger partial charge >= 0.3 is 0 Å². The van der Waals surface area contributed by atoms with E-state index in [0.29, 0.717) is 24.4 Å². The van der Waals surface area contributed by atoms with Gasteiger partial charge in [-0.3, -0.25) is 4.90 Å². The number of aryl methyl sites for hydroxylation is 2. The topological polar surface area (TPSA) is 74.9 Å². The lowest BCUT2D eigenvalue weighted by atomic mass is 10.0. The first kappa shape index (κ1) is 24.2. The smallest absolute Gasteiger partial charge is 0.216 e. The second-order valence-electron chi connectivity index (χ2n) is 7.26. The van der Waals surface area contributed by atoms with Gasteiger partial charge in [-0.25, -0.2) is 9.98 Å². The summed E-state index contributed by atoms with van der Waals surface area (Å²) in [6.45, 7) is 16.3. The number of oxazole rings is 1. The monoisotopic (exact) mass is 493 g/mol. The van der Waals surface area contributed by atoms with E-state index in [9.17, 15) is 0 Å². The van der Waals surface area contributed by atoms with Crippen LogP contribution in [0.3, 0.4) is 0 Å². The van der Waals surface area contributed by atoms with Gasteiger partial charge in [0.05, 0.1) is 18.9 Å². The van der Waals surface area contributed by atoms with Gasteiger partial charge in [-0.1, -0.05) is 13.8 Å². The molecule has 1 fully saturated rings. The van der Waals surface area contributed by atoms with Crippen LogP contribution in [0.15, 0.2) is 9.41 Å². The lowest BCUT2D eigenvalue weighted by Gasteiger charge is -2.35. The van der Waals surface area contributed by atoms with Crippen molar-refractivity contribution in [3.05, 3.63) is 17.3 Å². The van der Waals surface area contributed by atoms with Crippen LogP contribution in [0.2, 0.25) is 0 Å². The molecule has 27 heavy (non-hydrogen) atoms. The highest BCUT2D eigenvalue weighted by molar-refractivity contribution is 14.0. The Labute approximate surface area is 180 Å². The van der Waals surface area contributed by atoms with Gasteiger partial charge in [-0.2, -0.15) is 0 Å². The summed E-state index contributed by atoms with van der Waals surface area (Å²) in [6, 6.07) is 0.481. The predicted molar refractivity (Wildman–Crippen MR) is 120 cm³/mol. The predicted octanol–water partition coefficient (Wildman–Crippen LogP) is 2.71. The molecule has 2 rings (SSSR count). The first-order valence-corrected chi connectivity index (χ1v) is 9.76. The molecule has 1 aliphatic heterocycles. The fraction of sp³-hybridized carbons (Fsp3) is 0.789. The molecular formula is C19H36IN5O2. The molecule has 2 N–H and O–H groups in total. The van der Waals surface area contributed by atoms with Crippen LogP contribution in [0.4, 0.5) is 0 Å². The lowest BCUT2D eigenvalue weighted by Crippen LogP contribution is -2.51.